The van der Waals surface area contributed by atoms with Gasteiger partial charge in [0.25, 0.3) is 0 Å². The van der Waals surface area contributed by atoms with Crippen molar-refractivity contribution in [2.24, 2.45) is 45.8 Å². The topological polar surface area (TPSA) is 123 Å². The monoisotopic (exact) mass is 743 g/mol. The van der Waals surface area contributed by atoms with Crippen molar-refractivity contribution in [3.63, 3.8) is 0 Å². The van der Waals surface area contributed by atoms with Crippen LogP contribution in [0.2, 0.25) is 0 Å². The second kappa shape index (κ2) is 15.7. The summed E-state index contributed by atoms with van der Waals surface area (Å²) >= 11 is 0. The van der Waals surface area contributed by atoms with Crippen LogP contribution in [0.4, 0.5) is 0 Å². The molecule has 0 aromatic rings. The summed E-state index contributed by atoms with van der Waals surface area (Å²) in [6, 6.07) is -0.658. The molecule has 0 radical (unpaired) electrons. The summed E-state index contributed by atoms with van der Waals surface area (Å²) in [5.74, 6) is -1.83. The van der Waals surface area contributed by atoms with Crippen molar-refractivity contribution < 1.29 is 32.4 Å². The normalized spacial score (nSPS) is 27.7. The first-order valence-electron chi connectivity index (χ1n) is 20.9. The van der Waals surface area contributed by atoms with Crippen LogP contribution in [0.25, 0.3) is 0 Å². The molecule has 4 saturated carbocycles. The van der Waals surface area contributed by atoms with Gasteiger partial charge in [-0.25, -0.2) is 8.42 Å². The van der Waals surface area contributed by atoms with E-state index in [1.807, 2.05) is 6.92 Å². The van der Waals surface area contributed by atoms with E-state index in [4.69, 9.17) is 0 Å². The van der Waals surface area contributed by atoms with Gasteiger partial charge < -0.3 is 4.90 Å². The van der Waals surface area contributed by atoms with Gasteiger partial charge >= 0.3 is 0 Å². The first-order chi connectivity index (χ1) is 24.3. The Labute approximate surface area is 314 Å². The van der Waals surface area contributed by atoms with E-state index in [-0.39, 0.29) is 71.9 Å². The van der Waals surface area contributed by atoms with E-state index in [0.717, 1.165) is 77.0 Å². The number of sulfone groups is 1. The summed E-state index contributed by atoms with van der Waals surface area (Å²) in [7, 11) is -3.46. The first-order valence-corrected chi connectivity index (χ1v) is 22.5. The molecule has 0 N–H and O–H groups in total. The molecule has 294 valence electrons. The largest absolute Gasteiger partial charge is 0.332 e. The van der Waals surface area contributed by atoms with E-state index in [9.17, 15) is 27.6 Å². The molecular weight excluding hydrogens is 675 g/mol. The highest BCUT2D eigenvalue weighted by Gasteiger charge is 2.69. The van der Waals surface area contributed by atoms with Crippen molar-refractivity contribution in [3.05, 3.63) is 0 Å². The standard InChI is InChI=1S/C43H69NO7S/c1-8-9-16-30(38(48)35(47)23-29-17-18-29)24-34(46)37-36-33(41(36,5)6)27-44(37)39(49)32(42(7)19-12-10-13-20-42)25-31(45)26-43(21-14-11-15-22-43)28-52(50,51)40(2,3)4/h29-30,32-33,36-37H,8-28H2,1-7H3/t30-,32-,33+,36?,37-/m1/s1. The number of piperidine rings is 1. The van der Waals surface area contributed by atoms with Crippen molar-refractivity contribution in [3.8, 4) is 0 Å². The van der Waals surface area contributed by atoms with E-state index in [2.05, 4.69) is 20.8 Å². The molecule has 0 spiro atoms. The van der Waals surface area contributed by atoms with Crippen molar-refractivity contribution >= 4 is 38.9 Å². The van der Waals surface area contributed by atoms with Crippen LogP contribution in [-0.2, 0) is 33.8 Å². The van der Waals surface area contributed by atoms with Gasteiger partial charge in [-0.3, -0.25) is 24.0 Å². The van der Waals surface area contributed by atoms with Crippen LogP contribution < -0.4 is 0 Å². The Morgan fingerprint density at radius 3 is 2.00 bits per heavy atom. The number of carbonyl (C=O) groups excluding carboxylic acids is 5. The maximum absolute atomic E-state index is 15.0. The van der Waals surface area contributed by atoms with Gasteiger partial charge in [-0.05, 0) is 99.7 Å². The van der Waals surface area contributed by atoms with E-state index in [1.165, 1.54) is 0 Å². The number of rotatable bonds is 18. The van der Waals surface area contributed by atoms with Gasteiger partial charge in [-0.15, -0.1) is 0 Å². The van der Waals surface area contributed by atoms with Gasteiger partial charge in [0.1, 0.15) is 5.78 Å². The van der Waals surface area contributed by atoms with Crippen LogP contribution in [0.5, 0.6) is 0 Å². The van der Waals surface area contributed by atoms with Crippen molar-refractivity contribution in [2.45, 2.75) is 181 Å². The highest BCUT2D eigenvalue weighted by molar-refractivity contribution is 7.92. The molecule has 5 rings (SSSR count). The maximum Gasteiger partial charge on any atom is 0.227 e. The maximum atomic E-state index is 15.0. The second-order valence-corrected chi connectivity index (χ2v) is 22.7. The Kier molecular flexibility index (Phi) is 12.4. The molecule has 1 amide bonds. The molecule has 9 heteroatoms. The van der Waals surface area contributed by atoms with E-state index in [0.29, 0.717) is 31.7 Å². The lowest BCUT2D eigenvalue weighted by Gasteiger charge is -2.44. The predicted octanol–water partition coefficient (Wildman–Crippen LogP) is 8.27. The number of hydrogen-bond donors (Lipinski definition) is 0. The molecule has 52 heavy (non-hydrogen) atoms. The Balaban J connectivity index is 1.39. The highest BCUT2D eigenvalue weighted by Crippen LogP contribution is 2.65. The molecule has 5 atom stereocenters. The number of amides is 1. The molecule has 4 aliphatic carbocycles. The van der Waals surface area contributed by atoms with Crippen molar-refractivity contribution in [1.29, 1.82) is 0 Å². The Bertz CT molecular complexity index is 1470. The molecule has 1 heterocycles. The van der Waals surface area contributed by atoms with Gasteiger partial charge in [0.05, 0.1) is 22.5 Å². The van der Waals surface area contributed by atoms with Crippen LogP contribution in [0.15, 0.2) is 0 Å². The average Bonchev–Trinajstić information content (AvgIpc) is 3.92. The summed E-state index contributed by atoms with van der Waals surface area (Å²) in [5.41, 5.74) is -1.11. The fourth-order valence-corrected chi connectivity index (χ4v) is 12.1. The van der Waals surface area contributed by atoms with Gasteiger partial charge in [0.15, 0.2) is 21.4 Å². The third-order valence-electron chi connectivity index (χ3n) is 14.5. The Morgan fingerprint density at radius 2 is 1.44 bits per heavy atom. The fraction of sp³-hybridized carbons (Fsp3) is 0.884. The van der Waals surface area contributed by atoms with Crippen LogP contribution in [-0.4, -0.2) is 65.4 Å². The molecule has 5 aliphatic rings. The van der Waals surface area contributed by atoms with Gasteiger partial charge in [-0.2, -0.15) is 0 Å². The van der Waals surface area contributed by atoms with E-state index >= 15 is 4.79 Å². The zero-order valence-electron chi connectivity index (χ0n) is 33.5. The minimum absolute atomic E-state index is 0.00308. The lowest BCUT2D eigenvalue weighted by Crippen LogP contribution is -2.52. The van der Waals surface area contributed by atoms with Gasteiger partial charge in [0.2, 0.25) is 11.7 Å². The lowest BCUT2D eigenvalue weighted by molar-refractivity contribution is -0.150. The zero-order chi connectivity index (χ0) is 38.3. The van der Waals surface area contributed by atoms with E-state index < -0.39 is 49.1 Å². The smallest absolute Gasteiger partial charge is 0.227 e. The number of Topliss-reactive ketones (excluding diaryl/α,β-unsaturated/α-hetero) is 4. The number of ketones is 4. The van der Waals surface area contributed by atoms with Gasteiger partial charge in [0, 0.05) is 38.1 Å². The third-order valence-corrected chi connectivity index (χ3v) is 17.3. The quantitative estimate of drug-likeness (QED) is 0.130. The molecule has 1 unspecified atom stereocenters. The summed E-state index contributed by atoms with van der Waals surface area (Å²) in [6.45, 7) is 14.1. The SMILES string of the molecule is CCCC[C@H](CC(=O)[C@@H]1C2[C@H](CN1C(=O)[C@@H](CC(=O)CC1(CS(=O)(=O)C(C)(C)C)CCCCC1)C1(C)CCCCC1)C2(C)C)C(=O)C(=O)CC1CC1. The molecule has 0 aromatic heterocycles. The Hall–Kier alpha value is -1.90. The van der Waals surface area contributed by atoms with Crippen LogP contribution in [0, 0.1) is 45.8 Å². The average molecular weight is 744 g/mol. The fourth-order valence-electron chi connectivity index (χ4n) is 10.5. The van der Waals surface area contributed by atoms with Crippen LogP contribution in [0.3, 0.4) is 0 Å². The van der Waals surface area contributed by atoms with Crippen LogP contribution in [0.1, 0.15) is 170 Å². The zero-order valence-corrected chi connectivity index (χ0v) is 34.3. The summed E-state index contributed by atoms with van der Waals surface area (Å²) in [5, 5.41) is 0. The molecule has 1 saturated heterocycles. The van der Waals surface area contributed by atoms with Crippen molar-refractivity contribution in [2.75, 3.05) is 12.3 Å². The summed E-state index contributed by atoms with van der Waals surface area (Å²) in [6.07, 6.45) is 13.5. The summed E-state index contributed by atoms with van der Waals surface area (Å²) < 4.78 is 26.1. The Morgan fingerprint density at radius 1 is 0.846 bits per heavy atom. The minimum Gasteiger partial charge on any atom is -0.332 e. The van der Waals surface area contributed by atoms with Crippen molar-refractivity contribution in [1.82, 2.24) is 4.90 Å². The molecule has 5 fully saturated rings. The first kappa shape index (κ1) is 41.3. The molecular formula is C43H69NO7S. The highest BCUT2D eigenvalue weighted by atomic mass is 32.2. The minimum atomic E-state index is -3.46. The molecule has 0 bridgehead atoms. The number of nitrogens with zero attached hydrogens (tertiary/aromatic N) is 1. The second-order valence-electron chi connectivity index (χ2n) is 20.0. The number of hydrogen-bond acceptors (Lipinski definition) is 7. The molecule has 0 aromatic carbocycles. The molecule has 8 nitrogen and oxygen atoms in total. The predicted molar refractivity (Wildman–Crippen MR) is 204 cm³/mol. The number of fused-ring (bicyclic) bond motifs is 1. The van der Waals surface area contributed by atoms with E-state index in [1.54, 1.807) is 25.7 Å². The summed E-state index contributed by atoms with van der Waals surface area (Å²) in [4.78, 5) is 72.0. The number of unbranched alkanes of at least 4 members (excludes halogenated alkanes) is 1. The lowest BCUT2D eigenvalue weighted by atomic mass is 9.64. The number of carbonyl (C=O) groups is 5. The van der Waals surface area contributed by atoms with Crippen LogP contribution >= 0.6 is 0 Å². The third kappa shape index (κ3) is 8.96. The van der Waals surface area contributed by atoms with Gasteiger partial charge in [-0.1, -0.05) is 79.1 Å². The molecule has 1 aliphatic heterocycles. The number of likely N-dealkylation sites (tertiary alicyclic amines) is 1.